The SMILES string of the molecule is CCn1cc(C(=O)N2C[C@H](O)C[C@H]2c2ccccc2C(F)(F)F)cn1. The van der Waals surface area contributed by atoms with Gasteiger partial charge in [-0.25, -0.2) is 0 Å². The lowest BCUT2D eigenvalue weighted by molar-refractivity contribution is -0.138. The minimum atomic E-state index is -4.52. The topological polar surface area (TPSA) is 58.4 Å². The first-order chi connectivity index (χ1) is 11.8. The monoisotopic (exact) mass is 353 g/mol. The highest BCUT2D eigenvalue weighted by atomic mass is 19.4. The fourth-order valence-corrected chi connectivity index (χ4v) is 3.19. The van der Waals surface area contributed by atoms with Gasteiger partial charge in [0.25, 0.3) is 5.91 Å². The number of nitrogens with zero attached hydrogens (tertiary/aromatic N) is 3. The van der Waals surface area contributed by atoms with Crippen LogP contribution in [0.1, 0.15) is 40.9 Å². The van der Waals surface area contributed by atoms with Crippen LogP contribution in [0, 0.1) is 0 Å². The number of rotatable bonds is 3. The molecule has 2 atom stereocenters. The maximum absolute atomic E-state index is 13.3. The average Bonchev–Trinajstić information content (AvgIpc) is 3.20. The second-order valence-corrected chi connectivity index (χ2v) is 6.03. The Morgan fingerprint density at radius 3 is 2.72 bits per heavy atom. The number of aliphatic hydroxyl groups excluding tert-OH is 1. The highest BCUT2D eigenvalue weighted by Crippen LogP contribution is 2.40. The maximum Gasteiger partial charge on any atom is 0.416 e. The largest absolute Gasteiger partial charge is 0.416 e. The summed E-state index contributed by atoms with van der Waals surface area (Å²) in [5, 5.41) is 14.0. The van der Waals surface area contributed by atoms with E-state index in [-0.39, 0.29) is 18.5 Å². The van der Waals surface area contributed by atoms with Crippen molar-refractivity contribution in [2.24, 2.45) is 0 Å². The first-order valence-corrected chi connectivity index (χ1v) is 7.99. The van der Waals surface area contributed by atoms with Crippen molar-refractivity contribution in [1.29, 1.82) is 0 Å². The lowest BCUT2D eigenvalue weighted by Crippen LogP contribution is -2.32. The molecule has 0 radical (unpaired) electrons. The molecule has 1 saturated heterocycles. The molecule has 2 aromatic rings. The van der Waals surface area contributed by atoms with E-state index in [2.05, 4.69) is 5.10 Å². The van der Waals surface area contributed by atoms with E-state index in [0.717, 1.165) is 6.07 Å². The molecule has 3 rings (SSSR count). The van der Waals surface area contributed by atoms with Gasteiger partial charge in [-0.15, -0.1) is 0 Å². The van der Waals surface area contributed by atoms with Gasteiger partial charge in [0, 0.05) is 19.3 Å². The molecule has 1 fully saturated rings. The van der Waals surface area contributed by atoms with Gasteiger partial charge in [-0.3, -0.25) is 9.48 Å². The van der Waals surface area contributed by atoms with Crippen molar-refractivity contribution in [1.82, 2.24) is 14.7 Å². The van der Waals surface area contributed by atoms with Crippen molar-refractivity contribution < 1.29 is 23.1 Å². The van der Waals surface area contributed by atoms with Crippen molar-refractivity contribution in [3.05, 3.63) is 53.3 Å². The van der Waals surface area contributed by atoms with Gasteiger partial charge < -0.3 is 10.0 Å². The quantitative estimate of drug-likeness (QED) is 0.923. The molecule has 0 saturated carbocycles. The average molecular weight is 353 g/mol. The van der Waals surface area contributed by atoms with E-state index >= 15 is 0 Å². The van der Waals surface area contributed by atoms with Crippen molar-refractivity contribution >= 4 is 5.91 Å². The predicted octanol–water partition coefficient (Wildman–Crippen LogP) is 2.87. The van der Waals surface area contributed by atoms with Crippen molar-refractivity contribution in [3.8, 4) is 0 Å². The van der Waals surface area contributed by atoms with Gasteiger partial charge in [0.2, 0.25) is 0 Å². The number of aromatic nitrogens is 2. The molecule has 5 nitrogen and oxygen atoms in total. The highest BCUT2D eigenvalue weighted by molar-refractivity contribution is 5.94. The first-order valence-electron chi connectivity index (χ1n) is 7.99. The minimum absolute atomic E-state index is 0.00258. The number of carbonyl (C=O) groups excluding carboxylic acids is 1. The Morgan fingerprint density at radius 1 is 1.36 bits per heavy atom. The van der Waals surface area contributed by atoms with Crippen LogP contribution in [0.15, 0.2) is 36.7 Å². The molecule has 1 aliphatic heterocycles. The van der Waals surface area contributed by atoms with Crippen molar-refractivity contribution in [3.63, 3.8) is 0 Å². The van der Waals surface area contributed by atoms with Crippen LogP contribution in [0.25, 0.3) is 0 Å². The van der Waals surface area contributed by atoms with Crippen LogP contribution in [-0.2, 0) is 12.7 Å². The Morgan fingerprint density at radius 2 is 2.08 bits per heavy atom. The zero-order chi connectivity index (χ0) is 18.2. The second kappa shape index (κ2) is 6.51. The van der Waals surface area contributed by atoms with Crippen molar-refractivity contribution in [2.45, 2.75) is 38.2 Å². The number of hydrogen-bond acceptors (Lipinski definition) is 3. The predicted molar refractivity (Wildman–Crippen MR) is 83.7 cm³/mol. The lowest BCUT2D eigenvalue weighted by Gasteiger charge is -2.26. The molecule has 1 amide bonds. The van der Waals surface area contributed by atoms with Crippen LogP contribution in [0.4, 0.5) is 13.2 Å². The molecule has 2 heterocycles. The number of aliphatic hydroxyl groups is 1. The summed E-state index contributed by atoms with van der Waals surface area (Å²) >= 11 is 0. The summed E-state index contributed by atoms with van der Waals surface area (Å²) in [5.74, 6) is -0.432. The Kier molecular flexibility index (Phi) is 4.55. The molecular formula is C17H18F3N3O2. The summed E-state index contributed by atoms with van der Waals surface area (Å²) < 4.78 is 41.5. The molecule has 0 unspecified atom stereocenters. The fraction of sp³-hybridized carbons (Fsp3) is 0.412. The summed E-state index contributed by atoms with van der Waals surface area (Å²) in [7, 11) is 0. The summed E-state index contributed by atoms with van der Waals surface area (Å²) in [6.45, 7) is 2.44. The Hall–Kier alpha value is -2.35. The fourth-order valence-electron chi connectivity index (χ4n) is 3.19. The van der Waals surface area contributed by atoms with E-state index < -0.39 is 29.8 Å². The summed E-state index contributed by atoms with van der Waals surface area (Å²) in [5.41, 5.74) is -0.482. The van der Waals surface area contributed by atoms with Crippen LogP contribution >= 0.6 is 0 Å². The molecule has 8 heteroatoms. The first kappa shape index (κ1) is 17.5. The van der Waals surface area contributed by atoms with Gasteiger partial charge in [-0.2, -0.15) is 18.3 Å². The van der Waals surface area contributed by atoms with Gasteiger partial charge in [-0.05, 0) is 25.0 Å². The second-order valence-electron chi connectivity index (χ2n) is 6.03. The van der Waals surface area contributed by atoms with Crippen LogP contribution in [0.5, 0.6) is 0 Å². The van der Waals surface area contributed by atoms with Crippen molar-refractivity contribution in [2.75, 3.05) is 6.54 Å². The smallest absolute Gasteiger partial charge is 0.391 e. The van der Waals surface area contributed by atoms with E-state index in [1.807, 2.05) is 6.92 Å². The van der Waals surface area contributed by atoms with E-state index in [1.165, 1.54) is 29.3 Å². The summed E-state index contributed by atoms with van der Waals surface area (Å²) in [4.78, 5) is 14.0. The number of halogens is 3. The number of carbonyl (C=O) groups is 1. The molecule has 0 spiro atoms. The summed E-state index contributed by atoms with van der Waals surface area (Å²) in [6.07, 6.45) is -2.37. The van der Waals surface area contributed by atoms with Gasteiger partial charge in [0.15, 0.2) is 0 Å². The zero-order valence-corrected chi connectivity index (χ0v) is 13.6. The number of alkyl halides is 3. The van der Waals surface area contributed by atoms with Crippen LogP contribution in [-0.4, -0.2) is 38.3 Å². The number of aryl methyl sites for hydroxylation is 1. The maximum atomic E-state index is 13.3. The Labute approximate surface area is 142 Å². The number of likely N-dealkylation sites (tertiary alicyclic amines) is 1. The van der Waals surface area contributed by atoms with E-state index in [4.69, 9.17) is 0 Å². The molecule has 1 aromatic carbocycles. The molecule has 0 aliphatic carbocycles. The van der Waals surface area contributed by atoms with E-state index in [1.54, 1.807) is 10.9 Å². The van der Waals surface area contributed by atoms with E-state index in [9.17, 15) is 23.1 Å². The number of hydrogen-bond donors (Lipinski definition) is 1. The third kappa shape index (κ3) is 3.39. The Balaban J connectivity index is 1.97. The van der Waals surface area contributed by atoms with Gasteiger partial charge >= 0.3 is 6.18 Å². The molecule has 1 N–H and O–H groups in total. The van der Waals surface area contributed by atoms with Crippen LogP contribution < -0.4 is 0 Å². The number of β-amino-alcohol motifs (C(OH)–C–C–N with tert-alkyl or cyclic N) is 1. The molecule has 0 bridgehead atoms. The van der Waals surface area contributed by atoms with Crippen LogP contribution in [0.2, 0.25) is 0 Å². The lowest BCUT2D eigenvalue weighted by atomic mass is 9.97. The standard InChI is InChI=1S/C17H18F3N3O2/c1-2-22-9-11(8-21-22)16(25)23-10-12(24)7-15(23)13-5-3-4-6-14(13)17(18,19)20/h3-6,8-9,12,15,24H,2,7,10H2,1H3/t12-,15+/m1/s1. The van der Waals surface area contributed by atoms with Gasteiger partial charge in [0.05, 0.1) is 29.5 Å². The minimum Gasteiger partial charge on any atom is -0.391 e. The molecule has 25 heavy (non-hydrogen) atoms. The number of benzene rings is 1. The molecular weight excluding hydrogens is 335 g/mol. The molecule has 1 aliphatic rings. The highest BCUT2D eigenvalue weighted by Gasteiger charge is 2.41. The van der Waals surface area contributed by atoms with E-state index in [0.29, 0.717) is 12.1 Å². The third-order valence-electron chi connectivity index (χ3n) is 4.37. The Bertz CT molecular complexity index is 772. The zero-order valence-electron chi connectivity index (χ0n) is 13.6. The summed E-state index contributed by atoms with van der Waals surface area (Å²) in [6, 6.07) is 4.35. The molecule has 134 valence electrons. The molecule has 1 aromatic heterocycles. The van der Waals surface area contributed by atoms with Crippen LogP contribution in [0.3, 0.4) is 0 Å². The third-order valence-corrected chi connectivity index (χ3v) is 4.37. The number of amides is 1. The normalized spacial score (nSPS) is 20.9. The van der Waals surface area contributed by atoms with Gasteiger partial charge in [0.1, 0.15) is 0 Å². The van der Waals surface area contributed by atoms with Gasteiger partial charge in [-0.1, -0.05) is 18.2 Å².